The molecule has 5 amide bonds. The van der Waals surface area contributed by atoms with Gasteiger partial charge in [0.25, 0.3) is 5.56 Å². The number of aromatic nitrogens is 2. The lowest BCUT2D eigenvalue weighted by Gasteiger charge is -2.19. The Hall–Kier alpha value is -3.61. The number of carbonyl (C=O) groups is 4. The molecule has 0 aliphatic carbocycles. The van der Waals surface area contributed by atoms with E-state index in [1.54, 1.807) is 0 Å². The van der Waals surface area contributed by atoms with Gasteiger partial charge in [0.15, 0.2) is 6.23 Å². The number of aromatic amines is 1. The van der Waals surface area contributed by atoms with E-state index in [0.29, 0.717) is 36.8 Å². The number of phosphoric acid groups is 3. The van der Waals surface area contributed by atoms with Gasteiger partial charge in [-0.1, -0.05) is 31.4 Å². The van der Waals surface area contributed by atoms with E-state index < -0.39 is 65.9 Å². The normalized spacial score (nSPS) is 23.5. The van der Waals surface area contributed by atoms with E-state index in [1.807, 2.05) is 11.9 Å². The summed E-state index contributed by atoms with van der Waals surface area (Å²) in [5, 5.41) is 34.8. The Bertz CT molecular complexity index is 1960. The molecule has 8 atom stereocenters. The molecule has 3 heterocycles. The number of nitrogens with zero attached hydrogens (tertiary/aromatic N) is 1. The second-order valence-electron chi connectivity index (χ2n) is 14.1. The molecule has 29 heteroatoms. The van der Waals surface area contributed by atoms with Crippen molar-refractivity contribution in [2.75, 3.05) is 26.2 Å². The molecule has 2 aliphatic heterocycles. The lowest BCUT2D eigenvalue weighted by molar-refractivity contribution is -0.122. The third-order valence-corrected chi connectivity index (χ3v) is 12.9. The van der Waals surface area contributed by atoms with Crippen molar-refractivity contribution >= 4 is 53.3 Å². The maximum atomic E-state index is 12.5. The van der Waals surface area contributed by atoms with Gasteiger partial charge in [-0.3, -0.25) is 33.3 Å². The number of H-pyrrole nitrogens is 1. The molecule has 2 aliphatic rings. The van der Waals surface area contributed by atoms with Crippen molar-refractivity contribution in [3.05, 3.63) is 38.7 Å². The van der Waals surface area contributed by atoms with E-state index in [1.165, 1.54) is 12.2 Å². The van der Waals surface area contributed by atoms with Crippen molar-refractivity contribution in [2.24, 2.45) is 0 Å². The number of hydrogen-bond donors (Lipinski definition) is 12. The van der Waals surface area contributed by atoms with Crippen molar-refractivity contribution < 1.29 is 80.5 Å². The second kappa shape index (κ2) is 24.3. The number of amides is 5. The van der Waals surface area contributed by atoms with E-state index in [4.69, 9.17) is 14.5 Å². The maximum Gasteiger partial charge on any atom is 0.490 e. The summed E-state index contributed by atoms with van der Waals surface area (Å²) in [5.41, 5.74) is -2.14. The van der Waals surface area contributed by atoms with Gasteiger partial charge in [0.2, 0.25) is 17.7 Å². The number of hydrogen-bond acceptors (Lipinski definition) is 15. The molecule has 0 radical (unpaired) electrons. The number of unbranched alkanes of at least 4 members (excludes halogenated alkanes) is 4. The number of aliphatic hydroxyl groups excluding tert-OH is 2. The van der Waals surface area contributed by atoms with Crippen LogP contribution in [-0.4, -0.2) is 120 Å². The Labute approximate surface area is 348 Å². The Balaban J connectivity index is 1.28. The van der Waals surface area contributed by atoms with Crippen LogP contribution in [-0.2, 0) is 46.0 Å². The molecule has 2 fully saturated rings. The fraction of sp³-hybridized carbons (Fsp3) is 0.688. The minimum atomic E-state index is -5.83. The van der Waals surface area contributed by atoms with Gasteiger partial charge in [0, 0.05) is 51.1 Å². The van der Waals surface area contributed by atoms with Crippen molar-refractivity contribution in [2.45, 2.75) is 114 Å². The SMILES string of the molecule is CC1NC(=O)NC1CCCCCC(=O)NCCCCCC(=O)NCCCC(=O)NCC=Cc1cn(C2OC(COP(=O)(O)OP(=O)(O)OP(=O)(O)O)C(O)C2O)c(=O)[nH]c1=O. The van der Waals surface area contributed by atoms with Gasteiger partial charge >= 0.3 is 35.2 Å². The van der Waals surface area contributed by atoms with Crippen LogP contribution in [0.15, 0.2) is 21.9 Å². The zero-order valence-corrected chi connectivity index (χ0v) is 35.8. The zero-order valence-electron chi connectivity index (χ0n) is 33.1. The number of urea groups is 1. The van der Waals surface area contributed by atoms with Gasteiger partial charge in [-0.15, -0.1) is 0 Å². The topological polar surface area (TPSA) is 393 Å². The Morgan fingerprint density at radius 1 is 0.803 bits per heavy atom. The zero-order chi connectivity index (χ0) is 45.4. The monoisotopic (exact) mass is 933 g/mol. The first-order chi connectivity index (χ1) is 28.6. The summed E-state index contributed by atoms with van der Waals surface area (Å²) in [6.45, 7) is 1.57. The molecular weight excluding hydrogens is 879 g/mol. The molecule has 8 unspecified atom stereocenters. The Kier molecular flexibility index (Phi) is 20.6. The standard InChI is InChI=1S/C32H54N7O19P3/c1-20-22(37-31(46)36-20)11-4-2-5-12-24(40)33-15-7-3-6-13-25(41)35-17-9-14-26(42)34-16-8-10-21-18-39(32(47)38-29(21)45)30-28(44)27(43)23(56-30)19-55-60(51,52)58-61(53,54)57-59(48,49)50/h8,10,18,20,22-23,27-28,30,43-44H,2-7,9,11-17,19H2,1H3,(H,33,40)(H,34,42)(H,35,41)(H,51,52)(H,53,54)(H2,36,37,46)(H,38,45,47)(H2,48,49,50). The molecule has 1 aromatic heterocycles. The Morgan fingerprint density at radius 2 is 1.41 bits per heavy atom. The first-order valence-electron chi connectivity index (χ1n) is 19.2. The summed E-state index contributed by atoms with van der Waals surface area (Å²) in [4.78, 5) is 111. The summed E-state index contributed by atoms with van der Waals surface area (Å²) < 4.78 is 52.0. The number of aliphatic hydroxyl groups is 2. The first-order valence-corrected chi connectivity index (χ1v) is 23.8. The second-order valence-corrected chi connectivity index (χ2v) is 18.5. The minimum absolute atomic E-state index is 0.0116. The van der Waals surface area contributed by atoms with Crippen LogP contribution in [0.5, 0.6) is 0 Å². The van der Waals surface area contributed by atoms with E-state index in [9.17, 15) is 62.5 Å². The van der Waals surface area contributed by atoms with Crippen molar-refractivity contribution in [1.82, 2.24) is 36.1 Å². The molecule has 1 aromatic rings. The summed E-state index contributed by atoms with van der Waals surface area (Å²) in [6.07, 6.45) is 3.09. The van der Waals surface area contributed by atoms with E-state index >= 15 is 0 Å². The smallest absolute Gasteiger partial charge is 0.387 e. The number of nitrogens with one attached hydrogen (secondary N) is 6. The number of rotatable bonds is 27. The highest BCUT2D eigenvalue weighted by molar-refractivity contribution is 7.66. The lowest BCUT2D eigenvalue weighted by Crippen LogP contribution is -2.38. The highest BCUT2D eigenvalue weighted by Gasteiger charge is 2.47. The highest BCUT2D eigenvalue weighted by Crippen LogP contribution is 2.66. The lowest BCUT2D eigenvalue weighted by atomic mass is 10.0. The molecule has 0 spiro atoms. The molecule has 346 valence electrons. The molecular formula is C32H54N7O19P3. The van der Waals surface area contributed by atoms with Gasteiger partial charge in [-0.05, 0) is 39.0 Å². The third-order valence-electron chi connectivity index (χ3n) is 9.14. The third kappa shape index (κ3) is 19.1. The highest BCUT2D eigenvalue weighted by atomic mass is 31.3. The van der Waals surface area contributed by atoms with Crippen LogP contribution in [0, 0.1) is 0 Å². The van der Waals surface area contributed by atoms with Crippen LogP contribution in [0.4, 0.5) is 4.79 Å². The molecule has 0 saturated carbocycles. The van der Waals surface area contributed by atoms with Gasteiger partial charge in [-0.2, -0.15) is 8.62 Å². The van der Waals surface area contributed by atoms with E-state index in [-0.39, 0.29) is 60.9 Å². The fourth-order valence-electron chi connectivity index (χ4n) is 6.08. The number of ether oxygens (including phenoxy) is 1. The predicted octanol–water partition coefficient (Wildman–Crippen LogP) is -0.778. The largest absolute Gasteiger partial charge is 0.490 e. The quantitative estimate of drug-likeness (QED) is 0.0380. The molecule has 26 nitrogen and oxygen atoms in total. The van der Waals surface area contributed by atoms with Crippen molar-refractivity contribution in [3.8, 4) is 0 Å². The van der Waals surface area contributed by atoms with E-state index in [2.05, 4.69) is 39.7 Å². The minimum Gasteiger partial charge on any atom is -0.387 e. The summed E-state index contributed by atoms with van der Waals surface area (Å²) in [5.74, 6) is -0.530. The van der Waals surface area contributed by atoms with Gasteiger partial charge in [-0.25, -0.2) is 23.3 Å². The van der Waals surface area contributed by atoms with Crippen LogP contribution in [0.2, 0.25) is 0 Å². The van der Waals surface area contributed by atoms with Crippen LogP contribution >= 0.6 is 23.5 Å². The molecule has 2 saturated heterocycles. The summed E-state index contributed by atoms with van der Waals surface area (Å²) in [6, 6.07) is 0.0803. The Morgan fingerprint density at radius 3 is 2.03 bits per heavy atom. The molecule has 0 aromatic carbocycles. The number of phosphoric ester groups is 1. The first kappa shape index (κ1) is 51.7. The average molecular weight is 934 g/mol. The average Bonchev–Trinajstić information content (AvgIpc) is 3.62. The van der Waals surface area contributed by atoms with Gasteiger partial charge in [0.1, 0.15) is 18.3 Å². The molecule has 12 N–H and O–H groups in total. The molecule has 3 rings (SSSR count). The van der Waals surface area contributed by atoms with Gasteiger partial charge < -0.3 is 61.1 Å². The van der Waals surface area contributed by atoms with Gasteiger partial charge in [0.05, 0.1) is 18.2 Å². The van der Waals surface area contributed by atoms with Crippen LogP contribution < -0.4 is 37.8 Å². The molecule has 0 bridgehead atoms. The van der Waals surface area contributed by atoms with Crippen LogP contribution in [0.25, 0.3) is 6.08 Å². The summed E-state index contributed by atoms with van der Waals surface area (Å²) in [7, 11) is -17.1. The fourth-order valence-corrected chi connectivity index (χ4v) is 9.11. The van der Waals surface area contributed by atoms with Crippen molar-refractivity contribution in [1.29, 1.82) is 0 Å². The van der Waals surface area contributed by atoms with Crippen LogP contribution in [0.1, 0.15) is 89.3 Å². The van der Waals surface area contributed by atoms with Crippen molar-refractivity contribution in [3.63, 3.8) is 0 Å². The predicted molar refractivity (Wildman–Crippen MR) is 211 cm³/mol. The number of carbonyl (C=O) groups excluding carboxylic acids is 4. The summed E-state index contributed by atoms with van der Waals surface area (Å²) >= 11 is 0. The van der Waals surface area contributed by atoms with Crippen LogP contribution in [0.3, 0.4) is 0 Å². The molecule has 61 heavy (non-hydrogen) atoms. The maximum absolute atomic E-state index is 12.5. The van der Waals surface area contributed by atoms with E-state index in [0.717, 1.165) is 44.7 Å².